The highest BCUT2D eigenvalue weighted by Gasteiger charge is 2.55. The molecule has 0 aliphatic rings. The van der Waals surface area contributed by atoms with Crippen molar-refractivity contribution in [3.05, 3.63) is 34.9 Å². The summed E-state index contributed by atoms with van der Waals surface area (Å²) in [5.41, 5.74) is -0.842. The first-order valence-electron chi connectivity index (χ1n) is 5.34. The van der Waals surface area contributed by atoms with Crippen LogP contribution in [0.3, 0.4) is 0 Å². The van der Waals surface area contributed by atoms with Gasteiger partial charge in [-0.3, -0.25) is 4.79 Å². The van der Waals surface area contributed by atoms with Gasteiger partial charge in [0.1, 0.15) is 6.42 Å². The smallest absolute Gasteiger partial charge is 0.344 e. The van der Waals surface area contributed by atoms with Gasteiger partial charge in [-0.1, -0.05) is 23.7 Å². The van der Waals surface area contributed by atoms with Gasteiger partial charge < -0.3 is 4.18 Å². The Morgan fingerprint density at radius 2 is 1.67 bits per heavy atom. The van der Waals surface area contributed by atoms with E-state index in [4.69, 9.17) is 11.6 Å². The van der Waals surface area contributed by atoms with Crippen LogP contribution in [0.15, 0.2) is 24.3 Å². The summed E-state index contributed by atoms with van der Waals surface area (Å²) in [5, 5.41) is -3.89. The van der Waals surface area contributed by atoms with E-state index in [1.807, 2.05) is 0 Å². The highest BCUT2D eigenvalue weighted by Crippen LogP contribution is 2.43. The van der Waals surface area contributed by atoms with Gasteiger partial charge in [-0.05, 0) is 12.1 Å². The molecule has 0 N–H and O–H groups in total. The molecule has 1 aromatic carbocycles. The van der Waals surface area contributed by atoms with E-state index in [9.17, 15) is 30.8 Å². The van der Waals surface area contributed by atoms with E-state index < -0.39 is 39.2 Å². The quantitative estimate of drug-likeness (QED) is 0.618. The standard InChI is InChI=1S/C11H9ClF4O4S/c1-7(17)20-21(18,19)10(13,6-11(14,15)16)8-2-4-9(12)5-3-8/h2-5H,6H2,1H3. The predicted molar refractivity (Wildman–Crippen MR) is 65.6 cm³/mol. The van der Waals surface area contributed by atoms with E-state index in [2.05, 4.69) is 4.18 Å². The normalized spacial score (nSPS) is 15.3. The third-order valence-corrected chi connectivity index (χ3v) is 4.21. The molecule has 0 bridgehead atoms. The molecule has 1 rings (SSSR count). The van der Waals surface area contributed by atoms with Gasteiger partial charge in [0, 0.05) is 17.5 Å². The van der Waals surface area contributed by atoms with E-state index >= 15 is 0 Å². The van der Waals surface area contributed by atoms with Crippen molar-refractivity contribution in [2.24, 2.45) is 0 Å². The number of benzene rings is 1. The molecule has 0 radical (unpaired) electrons. The molecule has 10 heteroatoms. The Balaban J connectivity index is 3.43. The zero-order chi connectivity index (χ0) is 16.5. The topological polar surface area (TPSA) is 60.4 Å². The Bertz CT molecular complexity index is 627. The van der Waals surface area contributed by atoms with Crippen LogP contribution in [0.25, 0.3) is 0 Å². The van der Waals surface area contributed by atoms with Crippen molar-refractivity contribution in [2.75, 3.05) is 0 Å². The molecular weight excluding hydrogens is 340 g/mol. The fraction of sp³-hybridized carbons (Fsp3) is 0.364. The summed E-state index contributed by atoms with van der Waals surface area (Å²) >= 11 is 5.51. The molecule has 0 saturated heterocycles. The maximum absolute atomic E-state index is 14.7. The second kappa shape index (κ2) is 5.80. The van der Waals surface area contributed by atoms with E-state index in [0.29, 0.717) is 6.92 Å². The van der Waals surface area contributed by atoms with Crippen molar-refractivity contribution in [1.82, 2.24) is 0 Å². The molecule has 118 valence electrons. The Kier molecular flexibility index (Phi) is 4.89. The minimum atomic E-state index is -5.50. The third-order valence-electron chi connectivity index (χ3n) is 2.33. The molecule has 0 aromatic heterocycles. The zero-order valence-electron chi connectivity index (χ0n) is 10.4. The summed E-state index contributed by atoms with van der Waals surface area (Å²) in [7, 11) is -5.50. The van der Waals surface area contributed by atoms with Gasteiger partial charge in [-0.2, -0.15) is 21.6 Å². The fourth-order valence-electron chi connectivity index (χ4n) is 1.51. The fourth-order valence-corrected chi connectivity index (χ4v) is 2.84. The van der Waals surface area contributed by atoms with Gasteiger partial charge in [0.25, 0.3) is 5.00 Å². The number of halogens is 5. The molecule has 0 amide bonds. The minimum absolute atomic E-state index is 0.0676. The monoisotopic (exact) mass is 348 g/mol. The summed E-state index contributed by atoms with van der Waals surface area (Å²) < 4.78 is 79.3. The van der Waals surface area contributed by atoms with E-state index in [-0.39, 0.29) is 5.02 Å². The molecule has 0 saturated carbocycles. The lowest BCUT2D eigenvalue weighted by molar-refractivity contribution is -0.154. The van der Waals surface area contributed by atoms with Crippen LogP contribution in [-0.4, -0.2) is 20.6 Å². The second-order valence-corrected chi connectivity index (χ2v) is 6.21. The number of hydrogen-bond acceptors (Lipinski definition) is 4. The lowest BCUT2D eigenvalue weighted by Crippen LogP contribution is -2.38. The minimum Gasteiger partial charge on any atom is -0.344 e. The van der Waals surface area contributed by atoms with Crippen molar-refractivity contribution in [2.45, 2.75) is 24.5 Å². The van der Waals surface area contributed by atoms with E-state index in [0.717, 1.165) is 24.3 Å². The van der Waals surface area contributed by atoms with Crippen molar-refractivity contribution < 1.29 is 35.0 Å². The van der Waals surface area contributed by atoms with Crippen LogP contribution in [-0.2, 0) is 24.1 Å². The summed E-state index contributed by atoms with van der Waals surface area (Å²) in [6.07, 6.45) is -7.52. The van der Waals surface area contributed by atoms with Crippen LogP contribution in [0.4, 0.5) is 17.6 Å². The lowest BCUT2D eigenvalue weighted by atomic mass is 10.1. The van der Waals surface area contributed by atoms with Crippen molar-refractivity contribution in [3.8, 4) is 0 Å². The lowest BCUT2D eigenvalue weighted by Gasteiger charge is -2.25. The predicted octanol–water partition coefficient (Wildman–Crippen LogP) is 3.31. The largest absolute Gasteiger partial charge is 0.393 e. The Morgan fingerprint density at radius 3 is 2.05 bits per heavy atom. The summed E-state index contributed by atoms with van der Waals surface area (Å²) in [5.74, 6) is -1.45. The molecule has 1 atom stereocenters. The average Bonchev–Trinajstić information content (AvgIpc) is 2.25. The van der Waals surface area contributed by atoms with Crippen molar-refractivity contribution >= 4 is 27.7 Å². The first-order valence-corrected chi connectivity index (χ1v) is 7.12. The molecule has 4 nitrogen and oxygen atoms in total. The average molecular weight is 349 g/mol. The highest BCUT2D eigenvalue weighted by atomic mass is 35.5. The van der Waals surface area contributed by atoms with Gasteiger partial charge in [0.2, 0.25) is 0 Å². The van der Waals surface area contributed by atoms with Crippen molar-refractivity contribution in [1.29, 1.82) is 0 Å². The maximum atomic E-state index is 14.7. The van der Waals surface area contributed by atoms with Crippen LogP contribution >= 0.6 is 11.6 Å². The molecule has 1 unspecified atom stereocenters. The van der Waals surface area contributed by atoms with Gasteiger partial charge in [0.05, 0.1) is 0 Å². The molecule has 0 aliphatic carbocycles. The van der Waals surface area contributed by atoms with Crippen molar-refractivity contribution in [3.63, 3.8) is 0 Å². The highest BCUT2D eigenvalue weighted by molar-refractivity contribution is 7.88. The van der Waals surface area contributed by atoms with Crippen LogP contribution in [0, 0.1) is 0 Å². The van der Waals surface area contributed by atoms with Gasteiger partial charge in [-0.25, -0.2) is 4.39 Å². The SMILES string of the molecule is CC(=O)OS(=O)(=O)C(F)(CC(F)(F)F)c1ccc(Cl)cc1. The first-order chi connectivity index (χ1) is 9.37. The first kappa shape index (κ1) is 17.7. The number of carbonyl (C=O) groups is 1. The van der Waals surface area contributed by atoms with Gasteiger partial charge in [-0.15, -0.1) is 0 Å². The number of hydrogen-bond donors (Lipinski definition) is 0. The molecule has 0 heterocycles. The molecule has 0 spiro atoms. The molecule has 0 fully saturated rings. The Hall–Kier alpha value is -1.35. The number of carbonyl (C=O) groups excluding carboxylic acids is 1. The van der Waals surface area contributed by atoms with Crippen LogP contribution in [0.1, 0.15) is 18.9 Å². The second-order valence-electron chi connectivity index (χ2n) is 4.06. The molecular formula is C11H9ClF4O4S. The van der Waals surface area contributed by atoms with Gasteiger partial charge in [0.15, 0.2) is 0 Å². The summed E-state index contributed by atoms with van der Waals surface area (Å²) in [6, 6.07) is 3.58. The van der Waals surface area contributed by atoms with Crippen LogP contribution in [0.2, 0.25) is 5.02 Å². The van der Waals surface area contributed by atoms with E-state index in [1.54, 1.807) is 0 Å². The summed E-state index contributed by atoms with van der Waals surface area (Å²) in [4.78, 5) is 10.7. The molecule has 0 aliphatic heterocycles. The number of alkyl halides is 4. The van der Waals surface area contributed by atoms with Crippen LogP contribution < -0.4 is 0 Å². The van der Waals surface area contributed by atoms with Gasteiger partial charge >= 0.3 is 22.3 Å². The molecule has 1 aromatic rings. The Morgan fingerprint density at radius 1 is 1.19 bits per heavy atom. The number of rotatable bonds is 4. The van der Waals surface area contributed by atoms with E-state index in [1.165, 1.54) is 0 Å². The Labute approximate surface area is 122 Å². The molecule has 21 heavy (non-hydrogen) atoms. The third kappa shape index (κ3) is 4.31. The van der Waals surface area contributed by atoms with Crippen LogP contribution in [0.5, 0.6) is 0 Å². The summed E-state index contributed by atoms with van der Waals surface area (Å²) in [6.45, 7) is 0.632. The maximum Gasteiger partial charge on any atom is 0.393 e. The zero-order valence-corrected chi connectivity index (χ0v) is 12.0.